The quantitative estimate of drug-likeness (QED) is 0.460. The fraction of sp³-hybridized carbons (Fsp3) is 0.407. The van der Waals surface area contributed by atoms with Crippen LogP contribution >= 0.6 is 0 Å². The van der Waals surface area contributed by atoms with Crippen LogP contribution in [0.15, 0.2) is 60.7 Å². The van der Waals surface area contributed by atoms with Crippen molar-refractivity contribution in [1.82, 2.24) is 16.0 Å². The Kier molecular flexibility index (Phi) is 8.68. The van der Waals surface area contributed by atoms with Crippen LogP contribution in [0.3, 0.4) is 0 Å². The molecule has 0 aromatic heterocycles. The van der Waals surface area contributed by atoms with Crippen molar-refractivity contribution in [3.63, 3.8) is 0 Å². The second kappa shape index (κ2) is 11.7. The third-order valence-electron chi connectivity index (χ3n) is 5.60. The number of nitrogens with one attached hydrogen (secondary N) is 3. The van der Waals surface area contributed by atoms with Crippen molar-refractivity contribution in [3.8, 4) is 0 Å². The van der Waals surface area contributed by atoms with Crippen molar-refractivity contribution in [2.75, 3.05) is 6.54 Å². The minimum atomic E-state index is -1.30. The summed E-state index contributed by atoms with van der Waals surface area (Å²) >= 11 is 0. The van der Waals surface area contributed by atoms with E-state index in [2.05, 4.69) is 16.0 Å². The molecule has 36 heavy (non-hydrogen) atoms. The third-order valence-corrected chi connectivity index (χ3v) is 5.60. The average molecular weight is 496 g/mol. The van der Waals surface area contributed by atoms with Crippen LogP contribution in [0.2, 0.25) is 0 Å². The summed E-state index contributed by atoms with van der Waals surface area (Å²) in [6.45, 7) is 5.49. The van der Waals surface area contributed by atoms with Crippen molar-refractivity contribution in [2.45, 2.75) is 63.8 Å². The van der Waals surface area contributed by atoms with E-state index >= 15 is 0 Å². The zero-order chi connectivity index (χ0) is 26.2. The molecule has 0 aliphatic carbocycles. The number of benzene rings is 2. The Hall–Kier alpha value is -3.88. The molecule has 2 aromatic carbocycles. The molecule has 1 saturated heterocycles. The summed E-state index contributed by atoms with van der Waals surface area (Å²) in [5, 5.41) is 8.04. The highest BCUT2D eigenvalue weighted by molar-refractivity contribution is 5.96. The topological polar surface area (TPSA) is 123 Å². The van der Waals surface area contributed by atoms with Gasteiger partial charge in [-0.15, -0.1) is 0 Å². The molecule has 0 bridgehead atoms. The van der Waals surface area contributed by atoms with Crippen LogP contribution < -0.4 is 16.0 Å². The fourth-order valence-electron chi connectivity index (χ4n) is 3.89. The summed E-state index contributed by atoms with van der Waals surface area (Å²) in [6, 6.07) is 17.1. The zero-order valence-corrected chi connectivity index (χ0v) is 20.8. The van der Waals surface area contributed by atoms with Crippen LogP contribution in [0.4, 0.5) is 4.79 Å². The van der Waals surface area contributed by atoms with Gasteiger partial charge in [0.25, 0.3) is 0 Å². The summed E-state index contributed by atoms with van der Waals surface area (Å²) in [4.78, 5) is 51.3. The van der Waals surface area contributed by atoms with E-state index in [0.29, 0.717) is 13.0 Å². The molecule has 9 heteroatoms. The summed E-state index contributed by atoms with van der Waals surface area (Å²) < 4.78 is 10.6. The van der Waals surface area contributed by atoms with Crippen molar-refractivity contribution in [2.24, 2.45) is 0 Å². The molecule has 9 nitrogen and oxygen atoms in total. The SMILES string of the molecule is CC(C)(C)OC(=O)N[C@@H](CC(=O)OCc1ccccc1)C(=O)N[C@@]1(Cc2ccccc2)CCNC1=O. The van der Waals surface area contributed by atoms with Crippen LogP contribution in [0.5, 0.6) is 0 Å². The van der Waals surface area contributed by atoms with Crippen LogP contribution in [0.1, 0.15) is 44.7 Å². The van der Waals surface area contributed by atoms with Gasteiger partial charge in [-0.1, -0.05) is 60.7 Å². The summed E-state index contributed by atoms with van der Waals surface area (Å²) in [6.07, 6.45) is -0.653. The summed E-state index contributed by atoms with van der Waals surface area (Å²) in [5.74, 6) is -1.67. The Morgan fingerprint density at radius 1 is 1.00 bits per heavy atom. The number of amides is 3. The smallest absolute Gasteiger partial charge is 0.408 e. The Labute approximate surface area is 210 Å². The van der Waals surface area contributed by atoms with Gasteiger partial charge in [0.1, 0.15) is 23.8 Å². The molecule has 0 saturated carbocycles. The molecule has 1 fully saturated rings. The fourth-order valence-corrected chi connectivity index (χ4v) is 3.89. The Morgan fingerprint density at radius 2 is 1.61 bits per heavy atom. The van der Waals surface area contributed by atoms with E-state index in [1.165, 1.54) is 0 Å². The lowest BCUT2D eigenvalue weighted by molar-refractivity contribution is -0.147. The molecule has 1 aliphatic rings. The van der Waals surface area contributed by atoms with E-state index in [1.807, 2.05) is 60.7 Å². The van der Waals surface area contributed by atoms with Crippen LogP contribution in [0, 0.1) is 0 Å². The lowest BCUT2D eigenvalue weighted by Gasteiger charge is -2.30. The molecule has 3 amide bonds. The molecule has 2 atom stereocenters. The van der Waals surface area contributed by atoms with Gasteiger partial charge < -0.3 is 25.4 Å². The van der Waals surface area contributed by atoms with Crippen molar-refractivity contribution in [3.05, 3.63) is 71.8 Å². The van der Waals surface area contributed by atoms with E-state index in [-0.39, 0.29) is 18.9 Å². The second-order valence-electron chi connectivity index (χ2n) is 9.79. The molecule has 0 radical (unpaired) electrons. The second-order valence-corrected chi connectivity index (χ2v) is 9.79. The third kappa shape index (κ3) is 7.83. The van der Waals surface area contributed by atoms with Gasteiger partial charge in [0.15, 0.2) is 0 Å². The van der Waals surface area contributed by atoms with E-state index < -0.39 is 41.6 Å². The molecule has 3 N–H and O–H groups in total. The van der Waals surface area contributed by atoms with E-state index in [0.717, 1.165) is 11.1 Å². The molecule has 192 valence electrons. The molecule has 0 unspecified atom stereocenters. The number of rotatable bonds is 9. The molecule has 3 rings (SSSR count). The maximum Gasteiger partial charge on any atom is 0.408 e. The standard InChI is InChI=1S/C27H33N3O6/c1-26(2,3)36-25(34)29-21(16-22(31)35-18-20-12-8-5-9-13-20)23(32)30-27(14-15-28-24(27)33)17-19-10-6-4-7-11-19/h4-13,21H,14-18H2,1-3H3,(H,28,33)(H,29,34)(H,30,32)/t21-,27+/m0/s1. The molecule has 0 spiro atoms. The maximum absolute atomic E-state index is 13.4. The first-order valence-electron chi connectivity index (χ1n) is 11.9. The highest BCUT2D eigenvalue weighted by Crippen LogP contribution is 2.23. The molecular weight excluding hydrogens is 462 g/mol. The predicted molar refractivity (Wildman–Crippen MR) is 133 cm³/mol. The highest BCUT2D eigenvalue weighted by Gasteiger charge is 2.45. The number of esters is 1. The van der Waals surface area contributed by atoms with Crippen LogP contribution in [-0.4, -0.2) is 47.6 Å². The Morgan fingerprint density at radius 3 is 2.17 bits per heavy atom. The van der Waals surface area contributed by atoms with Crippen molar-refractivity contribution >= 4 is 23.9 Å². The number of carbonyl (C=O) groups excluding carboxylic acids is 4. The van der Waals surface area contributed by atoms with Gasteiger partial charge in [0.2, 0.25) is 11.8 Å². The maximum atomic E-state index is 13.4. The van der Waals surface area contributed by atoms with Crippen molar-refractivity contribution < 1.29 is 28.7 Å². The number of hydrogen-bond acceptors (Lipinski definition) is 6. The average Bonchev–Trinajstić information content (AvgIpc) is 3.16. The molecular formula is C27H33N3O6. The monoisotopic (exact) mass is 495 g/mol. The Balaban J connectivity index is 1.74. The highest BCUT2D eigenvalue weighted by atomic mass is 16.6. The van der Waals surface area contributed by atoms with Gasteiger partial charge in [0.05, 0.1) is 6.42 Å². The van der Waals surface area contributed by atoms with Gasteiger partial charge in [-0.3, -0.25) is 14.4 Å². The van der Waals surface area contributed by atoms with Crippen LogP contribution in [0.25, 0.3) is 0 Å². The number of carbonyl (C=O) groups is 4. The molecule has 2 aromatic rings. The van der Waals surface area contributed by atoms with E-state index in [4.69, 9.17) is 9.47 Å². The minimum Gasteiger partial charge on any atom is -0.461 e. The summed E-state index contributed by atoms with van der Waals surface area (Å²) in [5.41, 5.74) is -0.357. The number of hydrogen-bond donors (Lipinski definition) is 3. The van der Waals surface area contributed by atoms with E-state index in [1.54, 1.807) is 20.8 Å². The first-order valence-corrected chi connectivity index (χ1v) is 11.9. The molecule has 1 heterocycles. The van der Waals surface area contributed by atoms with Gasteiger partial charge in [-0.25, -0.2) is 4.79 Å². The zero-order valence-electron chi connectivity index (χ0n) is 20.8. The van der Waals surface area contributed by atoms with Gasteiger partial charge in [0, 0.05) is 13.0 Å². The van der Waals surface area contributed by atoms with E-state index in [9.17, 15) is 19.2 Å². The molecule has 1 aliphatic heterocycles. The van der Waals surface area contributed by atoms with Crippen molar-refractivity contribution in [1.29, 1.82) is 0 Å². The lowest BCUT2D eigenvalue weighted by Crippen LogP contribution is -2.60. The minimum absolute atomic E-state index is 0.0286. The van der Waals surface area contributed by atoms with Gasteiger partial charge in [-0.05, 0) is 38.3 Å². The number of ether oxygens (including phenoxy) is 2. The number of alkyl carbamates (subject to hydrolysis) is 1. The van der Waals surface area contributed by atoms with Crippen LogP contribution in [-0.2, 0) is 36.9 Å². The normalized spacial score (nSPS) is 18.0. The first-order chi connectivity index (χ1) is 17.1. The van der Waals surface area contributed by atoms with Gasteiger partial charge in [-0.2, -0.15) is 0 Å². The largest absolute Gasteiger partial charge is 0.461 e. The summed E-state index contributed by atoms with van der Waals surface area (Å²) in [7, 11) is 0. The van der Waals surface area contributed by atoms with Gasteiger partial charge >= 0.3 is 12.1 Å². The predicted octanol–water partition coefficient (Wildman–Crippen LogP) is 2.63. The Bertz CT molecular complexity index is 1070. The lowest BCUT2D eigenvalue weighted by atomic mass is 9.88. The first kappa shape index (κ1) is 26.7.